The Labute approximate surface area is 333 Å². The molecule has 7 rings (SSSR count). The van der Waals surface area contributed by atoms with Crippen molar-refractivity contribution in [3.8, 4) is 34.1 Å². The fourth-order valence-corrected chi connectivity index (χ4v) is 7.28. The summed E-state index contributed by atoms with van der Waals surface area (Å²) in [6.07, 6.45) is 9.87. The van der Waals surface area contributed by atoms with Crippen LogP contribution in [0.5, 0.6) is 11.5 Å². The Morgan fingerprint density at radius 3 is 2.07 bits per heavy atom. The van der Waals surface area contributed by atoms with Crippen molar-refractivity contribution in [1.82, 2.24) is 19.3 Å². The summed E-state index contributed by atoms with van der Waals surface area (Å²) in [5.74, 6) is 1.19. The molecule has 4 aromatic carbocycles. The molecular formula is C47H49FN4OPt. The van der Waals surface area contributed by atoms with Gasteiger partial charge in [-0.2, -0.15) is 17.2 Å². The van der Waals surface area contributed by atoms with Crippen LogP contribution in [-0.4, -0.2) is 19.3 Å². The Kier molecular flexibility index (Phi) is 11.1. The van der Waals surface area contributed by atoms with Crippen LogP contribution in [0.15, 0.2) is 85.3 Å². The molecule has 0 radical (unpaired) electrons. The van der Waals surface area contributed by atoms with Gasteiger partial charge in [0.15, 0.2) is 0 Å². The van der Waals surface area contributed by atoms with E-state index in [-0.39, 0.29) is 37.7 Å². The van der Waals surface area contributed by atoms with E-state index < -0.39 is 0 Å². The summed E-state index contributed by atoms with van der Waals surface area (Å²) in [7, 11) is 0. The monoisotopic (exact) mass is 899 g/mol. The van der Waals surface area contributed by atoms with Crippen LogP contribution in [0.1, 0.15) is 82.2 Å². The van der Waals surface area contributed by atoms with E-state index in [0.29, 0.717) is 17.3 Å². The number of rotatable bonds is 9. The molecule has 3 heterocycles. The largest absolute Gasteiger partial charge is 2.00 e. The van der Waals surface area contributed by atoms with E-state index in [0.717, 1.165) is 58.7 Å². The number of nitrogens with zero attached hydrogens (tertiary/aromatic N) is 4. The van der Waals surface area contributed by atoms with Crippen LogP contribution < -0.4 is 4.74 Å². The first-order chi connectivity index (χ1) is 25.2. The standard InChI is InChI=1S/C47H49FN4O.Pt/c1-30-31(2)38(19-22-46(4,5)6)45(39(32(30)3)20-23-47(7,8)9)33-28-50-51(29-33)35-13-12-14-36(26-35)53-37-17-18-41-40-15-10-11-16-42(40)52(43(41)27-37)44-25-34(48)21-24-49-44;/h10-18,21,24-25,28-29H,19-20,22-23H2,1-9H3;/q-2;+2. The Morgan fingerprint density at radius 1 is 0.741 bits per heavy atom. The number of hydrogen-bond donors (Lipinski definition) is 0. The summed E-state index contributed by atoms with van der Waals surface area (Å²) in [5, 5.41) is 6.90. The summed E-state index contributed by atoms with van der Waals surface area (Å²) < 4.78 is 24.6. The molecule has 54 heavy (non-hydrogen) atoms. The van der Waals surface area contributed by atoms with Crippen molar-refractivity contribution < 1.29 is 30.2 Å². The predicted molar refractivity (Wildman–Crippen MR) is 215 cm³/mol. The van der Waals surface area contributed by atoms with Gasteiger partial charge < -0.3 is 9.30 Å². The van der Waals surface area contributed by atoms with E-state index in [2.05, 4.69) is 91.7 Å². The van der Waals surface area contributed by atoms with E-state index in [1.807, 2.05) is 64.0 Å². The first-order valence-corrected chi connectivity index (χ1v) is 18.6. The number of benzene rings is 4. The maximum Gasteiger partial charge on any atom is 2.00 e. The second-order valence-corrected chi connectivity index (χ2v) is 16.8. The zero-order valence-corrected chi connectivity index (χ0v) is 35.1. The fourth-order valence-electron chi connectivity index (χ4n) is 7.28. The van der Waals surface area contributed by atoms with E-state index in [9.17, 15) is 4.39 Å². The van der Waals surface area contributed by atoms with Gasteiger partial charge in [0.1, 0.15) is 11.6 Å². The van der Waals surface area contributed by atoms with Gasteiger partial charge in [0.25, 0.3) is 0 Å². The Hall–Kier alpha value is -4.54. The van der Waals surface area contributed by atoms with Crippen LogP contribution in [0, 0.1) is 49.6 Å². The maximum absolute atomic E-state index is 14.3. The zero-order valence-electron chi connectivity index (χ0n) is 32.8. The SMILES string of the molecule is Cc1c(C)c(CCC(C)(C)C)c(-c2cnn(-c3[c-]c(Oc4[c-]c5c(cc4)c4ccccc4n5-c4cc(F)ccn4)ccc3)c2)c(CCC(C)(C)C)c1C.[Pt+2]. The zero-order chi connectivity index (χ0) is 37.7. The third kappa shape index (κ3) is 8.10. The van der Waals surface area contributed by atoms with Gasteiger partial charge in [-0.15, -0.1) is 35.7 Å². The number of halogens is 1. The van der Waals surface area contributed by atoms with Crippen LogP contribution in [-0.2, 0) is 33.9 Å². The molecule has 0 amide bonds. The average Bonchev–Trinajstić information content (AvgIpc) is 3.72. The van der Waals surface area contributed by atoms with Crippen molar-refractivity contribution in [1.29, 1.82) is 0 Å². The quantitative estimate of drug-likeness (QED) is 0.136. The molecule has 0 aliphatic carbocycles. The number of fused-ring (bicyclic) bond motifs is 3. The van der Waals surface area contributed by atoms with Gasteiger partial charge >= 0.3 is 21.1 Å². The third-order valence-corrected chi connectivity index (χ3v) is 10.5. The topological polar surface area (TPSA) is 44.9 Å². The van der Waals surface area contributed by atoms with Gasteiger partial charge in [0.2, 0.25) is 0 Å². The van der Waals surface area contributed by atoms with Gasteiger partial charge in [-0.1, -0.05) is 65.3 Å². The summed E-state index contributed by atoms with van der Waals surface area (Å²) in [5.41, 5.74) is 12.4. The Morgan fingerprint density at radius 2 is 1.41 bits per heavy atom. The number of ether oxygens (including phenoxy) is 1. The smallest absolute Gasteiger partial charge is 0.509 e. The van der Waals surface area contributed by atoms with Gasteiger partial charge in [-0.25, -0.2) is 9.37 Å². The Bertz CT molecular complexity index is 2420. The molecule has 3 aromatic heterocycles. The first kappa shape index (κ1) is 39.2. The van der Waals surface area contributed by atoms with E-state index >= 15 is 0 Å². The van der Waals surface area contributed by atoms with E-state index in [1.165, 1.54) is 51.7 Å². The molecule has 280 valence electrons. The molecular weight excluding hydrogens is 851 g/mol. The van der Waals surface area contributed by atoms with Gasteiger partial charge in [0, 0.05) is 41.0 Å². The van der Waals surface area contributed by atoms with E-state index in [4.69, 9.17) is 9.84 Å². The molecule has 0 fully saturated rings. The number of pyridine rings is 1. The van der Waals surface area contributed by atoms with Crippen molar-refractivity contribution in [3.63, 3.8) is 0 Å². The minimum atomic E-state index is -0.351. The summed E-state index contributed by atoms with van der Waals surface area (Å²) in [4.78, 5) is 4.48. The molecule has 0 N–H and O–H groups in total. The first-order valence-electron chi connectivity index (χ1n) is 18.6. The minimum Gasteiger partial charge on any atom is -0.509 e. The molecule has 0 spiro atoms. The molecule has 0 atom stereocenters. The normalized spacial score (nSPS) is 12.0. The molecule has 0 saturated heterocycles. The van der Waals surface area contributed by atoms with E-state index in [1.54, 1.807) is 0 Å². The van der Waals surface area contributed by atoms with Gasteiger partial charge in [-0.3, -0.25) is 4.68 Å². The second kappa shape index (κ2) is 15.3. The summed E-state index contributed by atoms with van der Waals surface area (Å²) >= 11 is 0. The van der Waals surface area contributed by atoms with Crippen LogP contribution in [0.4, 0.5) is 4.39 Å². The Balaban J connectivity index is 0.00000497. The summed E-state index contributed by atoms with van der Waals surface area (Å²) in [6.45, 7) is 20.8. The number of hydrogen-bond acceptors (Lipinski definition) is 3. The van der Waals surface area contributed by atoms with Crippen molar-refractivity contribution >= 4 is 21.8 Å². The fraction of sp³-hybridized carbons (Fsp3) is 0.319. The van der Waals surface area contributed by atoms with Crippen molar-refractivity contribution in [3.05, 3.63) is 131 Å². The minimum absolute atomic E-state index is 0. The number of aromatic nitrogens is 4. The van der Waals surface area contributed by atoms with Crippen LogP contribution in [0.25, 0.3) is 44.4 Å². The van der Waals surface area contributed by atoms with Crippen LogP contribution in [0.2, 0.25) is 0 Å². The molecule has 0 unspecified atom stereocenters. The molecule has 0 bridgehead atoms. The molecule has 0 aliphatic rings. The van der Waals surface area contributed by atoms with Crippen molar-refractivity contribution in [2.24, 2.45) is 10.8 Å². The molecule has 5 nitrogen and oxygen atoms in total. The van der Waals surface area contributed by atoms with Crippen LogP contribution in [0.3, 0.4) is 0 Å². The van der Waals surface area contributed by atoms with Crippen molar-refractivity contribution in [2.45, 2.75) is 88.0 Å². The predicted octanol–water partition coefficient (Wildman–Crippen LogP) is 12.4. The van der Waals surface area contributed by atoms with Gasteiger partial charge in [0.05, 0.1) is 6.20 Å². The third-order valence-electron chi connectivity index (χ3n) is 10.5. The van der Waals surface area contributed by atoms with Crippen LogP contribution >= 0.6 is 0 Å². The molecule has 0 saturated carbocycles. The second-order valence-electron chi connectivity index (χ2n) is 16.8. The molecule has 7 aromatic rings. The summed E-state index contributed by atoms with van der Waals surface area (Å²) in [6, 6.07) is 27.5. The molecule has 0 aliphatic heterocycles. The number of para-hydroxylation sites is 1. The molecule has 7 heteroatoms. The maximum atomic E-state index is 14.3. The van der Waals surface area contributed by atoms with Crippen molar-refractivity contribution in [2.75, 3.05) is 0 Å². The average molecular weight is 900 g/mol. The van der Waals surface area contributed by atoms with Gasteiger partial charge in [-0.05, 0) is 114 Å².